The van der Waals surface area contributed by atoms with Gasteiger partial charge in [0.25, 0.3) is 0 Å². The molecule has 0 aromatic carbocycles. The van der Waals surface area contributed by atoms with E-state index in [2.05, 4.69) is 12.2 Å². The molecule has 2 fully saturated rings. The second-order valence-electron chi connectivity index (χ2n) is 4.56. The summed E-state index contributed by atoms with van der Waals surface area (Å²) in [4.78, 5) is 14.2. The van der Waals surface area contributed by atoms with Crippen molar-refractivity contribution in [3.8, 4) is 0 Å². The van der Waals surface area contributed by atoms with Crippen LogP contribution in [0.2, 0.25) is 0 Å². The number of hydrogen-bond donors (Lipinski definition) is 1. The van der Waals surface area contributed by atoms with Gasteiger partial charge in [-0.3, -0.25) is 4.79 Å². The maximum atomic E-state index is 12.2. The molecule has 86 valence electrons. The third-order valence-electron chi connectivity index (χ3n) is 3.48. The van der Waals surface area contributed by atoms with Crippen molar-refractivity contribution >= 4 is 5.91 Å². The summed E-state index contributed by atoms with van der Waals surface area (Å²) in [6.07, 6.45) is 0.982. The molecule has 2 rings (SSSR count). The predicted octanol–water partition coefficient (Wildman–Crippen LogP) is 0.232. The number of ether oxygens (including phenoxy) is 1. The number of carbonyl (C=O) groups excluding carboxylic acids is 1. The Morgan fingerprint density at radius 3 is 2.87 bits per heavy atom. The Labute approximate surface area is 91.0 Å². The van der Waals surface area contributed by atoms with Gasteiger partial charge in [-0.1, -0.05) is 0 Å². The SMILES string of the molecule is CC1OCCC1C(=O)N1CCNCC1C. The van der Waals surface area contributed by atoms with Crippen LogP contribution in [0.4, 0.5) is 0 Å². The zero-order valence-electron chi connectivity index (χ0n) is 9.53. The van der Waals surface area contributed by atoms with Crippen molar-refractivity contribution in [3.05, 3.63) is 0 Å². The molecule has 2 saturated heterocycles. The fraction of sp³-hybridized carbons (Fsp3) is 0.909. The Morgan fingerprint density at radius 2 is 2.27 bits per heavy atom. The van der Waals surface area contributed by atoms with Crippen LogP contribution in [0.3, 0.4) is 0 Å². The minimum Gasteiger partial charge on any atom is -0.378 e. The lowest BCUT2D eigenvalue weighted by molar-refractivity contribution is -0.139. The quantitative estimate of drug-likeness (QED) is 0.676. The maximum absolute atomic E-state index is 12.2. The van der Waals surface area contributed by atoms with Gasteiger partial charge in [0.2, 0.25) is 5.91 Å². The molecule has 3 unspecified atom stereocenters. The fourth-order valence-corrected chi connectivity index (χ4v) is 2.44. The first-order valence-corrected chi connectivity index (χ1v) is 5.83. The molecule has 0 radical (unpaired) electrons. The molecule has 2 aliphatic rings. The molecule has 0 saturated carbocycles. The monoisotopic (exact) mass is 212 g/mol. The minimum absolute atomic E-state index is 0.0885. The summed E-state index contributed by atoms with van der Waals surface area (Å²) in [7, 11) is 0. The highest BCUT2D eigenvalue weighted by atomic mass is 16.5. The van der Waals surface area contributed by atoms with E-state index in [9.17, 15) is 4.79 Å². The van der Waals surface area contributed by atoms with Crippen LogP contribution < -0.4 is 5.32 Å². The topological polar surface area (TPSA) is 41.6 Å². The van der Waals surface area contributed by atoms with Gasteiger partial charge in [-0.15, -0.1) is 0 Å². The van der Waals surface area contributed by atoms with E-state index in [1.54, 1.807) is 0 Å². The van der Waals surface area contributed by atoms with Crippen molar-refractivity contribution in [3.63, 3.8) is 0 Å². The lowest BCUT2D eigenvalue weighted by Crippen LogP contribution is -2.54. The number of rotatable bonds is 1. The average molecular weight is 212 g/mol. The van der Waals surface area contributed by atoms with Gasteiger partial charge in [-0.25, -0.2) is 0 Å². The number of hydrogen-bond acceptors (Lipinski definition) is 3. The van der Waals surface area contributed by atoms with Crippen LogP contribution in [0.25, 0.3) is 0 Å². The molecule has 4 nitrogen and oxygen atoms in total. The molecule has 4 heteroatoms. The van der Waals surface area contributed by atoms with Crippen LogP contribution in [0.5, 0.6) is 0 Å². The molecule has 0 aromatic rings. The molecule has 1 amide bonds. The zero-order chi connectivity index (χ0) is 10.8. The summed E-state index contributed by atoms with van der Waals surface area (Å²) < 4.78 is 5.45. The molecular weight excluding hydrogens is 192 g/mol. The largest absolute Gasteiger partial charge is 0.378 e. The number of amides is 1. The van der Waals surface area contributed by atoms with Gasteiger partial charge in [0.05, 0.1) is 12.0 Å². The van der Waals surface area contributed by atoms with E-state index in [4.69, 9.17) is 4.74 Å². The highest BCUT2D eigenvalue weighted by Crippen LogP contribution is 2.23. The summed E-state index contributed by atoms with van der Waals surface area (Å²) in [5, 5.41) is 3.30. The van der Waals surface area contributed by atoms with E-state index in [1.165, 1.54) is 0 Å². The van der Waals surface area contributed by atoms with Crippen LogP contribution in [0.1, 0.15) is 20.3 Å². The van der Waals surface area contributed by atoms with E-state index >= 15 is 0 Å². The fourth-order valence-electron chi connectivity index (χ4n) is 2.44. The van der Waals surface area contributed by atoms with Gasteiger partial charge in [0.1, 0.15) is 0 Å². The van der Waals surface area contributed by atoms with Crippen LogP contribution in [-0.2, 0) is 9.53 Å². The molecular formula is C11H20N2O2. The van der Waals surface area contributed by atoms with Gasteiger partial charge in [0, 0.05) is 32.3 Å². The highest BCUT2D eigenvalue weighted by Gasteiger charge is 2.35. The second kappa shape index (κ2) is 4.49. The Kier molecular flexibility index (Phi) is 3.26. The van der Waals surface area contributed by atoms with Crippen LogP contribution in [0.15, 0.2) is 0 Å². The number of nitrogens with zero attached hydrogens (tertiary/aromatic N) is 1. The molecule has 0 aliphatic carbocycles. The van der Waals surface area contributed by atoms with E-state index in [1.807, 2.05) is 11.8 Å². The van der Waals surface area contributed by atoms with Crippen LogP contribution in [-0.4, -0.2) is 49.2 Å². The van der Waals surface area contributed by atoms with Crippen molar-refractivity contribution in [2.24, 2.45) is 5.92 Å². The molecule has 0 spiro atoms. The molecule has 15 heavy (non-hydrogen) atoms. The lowest BCUT2D eigenvalue weighted by atomic mass is 9.99. The molecule has 3 atom stereocenters. The molecule has 2 aliphatic heterocycles. The van der Waals surface area contributed by atoms with Gasteiger partial charge in [-0.2, -0.15) is 0 Å². The van der Waals surface area contributed by atoms with Gasteiger partial charge in [-0.05, 0) is 20.3 Å². The van der Waals surface area contributed by atoms with Crippen LogP contribution in [0, 0.1) is 5.92 Å². The summed E-state index contributed by atoms with van der Waals surface area (Å²) in [6, 6.07) is 0.319. The van der Waals surface area contributed by atoms with E-state index in [-0.39, 0.29) is 17.9 Å². The first-order chi connectivity index (χ1) is 7.20. The summed E-state index contributed by atoms with van der Waals surface area (Å²) in [5.74, 6) is 0.375. The number of piperazine rings is 1. The summed E-state index contributed by atoms with van der Waals surface area (Å²) in [5.41, 5.74) is 0. The standard InChI is InChI=1S/C11H20N2O2/c1-8-7-12-4-5-13(8)11(14)10-3-6-15-9(10)2/h8-10,12H,3-7H2,1-2H3. The smallest absolute Gasteiger partial charge is 0.228 e. The Hall–Kier alpha value is -0.610. The third-order valence-corrected chi connectivity index (χ3v) is 3.48. The van der Waals surface area contributed by atoms with E-state index in [0.717, 1.165) is 32.7 Å². The van der Waals surface area contributed by atoms with Crippen molar-refractivity contribution in [2.75, 3.05) is 26.2 Å². The van der Waals surface area contributed by atoms with E-state index < -0.39 is 0 Å². The average Bonchev–Trinajstić information content (AvgIpc) is 2.64. The first-order valence-electron chi connectivity index (χ1n) is 5.83. The summed E-state index contributed by atoms with van der Waals surface area (Å²) >= 11 is 0. The predicted molar refractivity (Wildman–Crippen MR) is 57.6 cm³/mol. The molecule has 0 aromatic heterocycles. The van der Waals surface area contributed by atoms with Crippen molar-refractivity contribution in [1.29, 1.82) is 0 Å². The number of carbonyl (C=O) groups is 1. The molecule has 1 N–H and O–H groups in total. The van der Waals surface area contributed by atoms with Gasteiger partial charge >= 0.3 is 0 Å². The molecule has 2 heterocycles. The lowest BCUT2D eigenvalue weighted by Gasteiger charge is -2.36. The first kappa shape index (κ1) is 10.9. The maximum Gasteiger partial charge on any atom is 0.228 e. The number of nitrogens with one attached hydrogen (secondary N) is 1. The van der Waals surface area contributed by atoms with Crippen molar-refractivity contribution in [2.45, 2.75) is 32.4 Å². The van der Waals surface area contributed by atoms with Gasteiger partial charge in [0.15, 0.2) is 0 Å². The van der Waals surface area contributed by atoms with Crippen molar-refractivity contribution < 1.29 is 9.53 Å². The van der Waals surface area contributed by atoms with Crippen LogP contribution >= 0.6 is 0 Å². The molecule has 0 bridgehead atoms. The van der Waals surface area contributed by atoms with E-state index in [0.29, 0.717) is 6.04 Å². The normalized spacial score (nSPS) is 36.9. The second-order valence-corrected chi connectivity index (χ2v) is 4.56. The minimum atomic E-state index is 0.0885. The Morgan fingerprint density at radius 1 is 1.47 bits per heavy atom. The van der Waals surface area contributed by atoms with Gasteiger partial charge < -0.3 is 15.0 Å². The van der Waals surface area contributed by atoms with Crippen molar-refractivity contribution in [1.82, 2.24) is 10.2 Å². The third kappa shape index (κ3) is 2.16. The summed E-state index contributed by atoms with van der Waals surface area (Å²) in [6.45, 7) is 7.50. The Balaban J connectivity index is 1.99. The Bertz CT molecular complexity index is 245. The highest BCUT2D eigenvalue weighted by molar-refractivity contribution is 5.80. The zero-order valence-corrected chi connectivity index (χ0v) is 9.53.